The van der Waals surface area contributed by atoms with Crippen LogP contribution in [0.2, 0.25) is 0 Å². The monoisotopic (exact) mass is 233 g/mol. The van der Waals surface area contributed by atoms with Crippen molar-refractivity contribution in [3.8, 4) is 5.75 Å². The molecule has 1 aromatic heterocycles. The van der Waals surface area contributed by atoms with E-state index in [2.05, 4.69) is 25.9 Å². The first kappa shape index (κ1) is 11.1. The lowest BCUT2D eigenvalue weighted by Crippen LogP contribution is -2.23. The maximum absolute atomic E-state index is 11.7. The lowest BCUT2D eigenvalue weighted by Gasteiger charge is -2.03. The lowest BCUT2D eigenvalue weighted by atomic mass is 10.2. The van der Waals surface area contributed by atoms with Crippen LogP contribution < -0.4 is 10.1 Å². The van der Waals surface area contributed by atoms with Gasteiger partial charge in [-0.2, -0.15) is 5.21 Å². The summed E-state index contributed by atoms with van der Waals surface area (Å²) >= 11 is 0. The summed E-state index contributed by atoms with van der Waals surface area (Å²) in [5, 5.41) is 15.8. The van der Waals surface area contributed by atoms with E-state index in [1.165, 1.54) is 0 Å². The average molecular weight is 233 g/mol. The topological polar surface area (TPSA) is 92.8 Å². The van der Waals surface area contributed by atoms with Crippen LogP contribution >= 0.6 is 0 Å². The summed E-state index contributed by atoms with van der Waals surface area (Å²) in [4.78, 5) is 11.7. The van der Waals surface area contributed by atoms with E-state index in [1.54, 1.807) is 31.4 Å². The maximum atomic E-state index is 11.7. The fourth-order valence-corrected chi connectivity index (χ4v) is 1.26. The molecular formula is C10H11N5O2. The zero-order chi connectivity index (χ0) is 12.1. The number of aromatic amines is 1. The number of nitrogens with zero attached hydrogens (tertiary/aromatic N) is 3. The lowest BCUT2D eigenvalue weighted by molar-refractivity contribution is 0.0950. The second kappa shape index (κ2) is 5.06. The number of aromatic nitrogens is 4. The number of carbonyl (C=O) groups excluding carboxylic acids is 1. The first-order valence-electron chi connectivity index (χ1n) is 4.94. The SMILES string of the molecule is COc1ccc(C(=O)NCc2nn[nH]n2)cc1. The number of tetrazole rings is 1. The standard InChI is InChI=1S/C10H11N5O2/c1-17-8-4-2-7(3-5-8)10(16)11-6-9-12-14-15-13-9/h2-5H,6H2,1H3,(H,11,16)(H,12,13,14,15). The van der Waals surface area contributed by atoms with Crippen LogP contribution in [0.25, 0.3) is 0 Å². The normalized spacial score (nSPS) is 9.94. The van der Waals surface area contributed by atoms with Gasteiger partial charge in [0.05, 0.1) is 13.7 Å². The third-order valence-electron chi connectivity index (χ3n) is 2.15. The van der Waals surface area contributed by atoms with E-state index in [9.17, 15) is 4.79 Å². The molecule has 0 aliphatic heterocycles. The molecule has 7 nitrogen and oxygen atoms in total. The zero-order valence-corrected chi connectivity index (χ0v) is 9.17. The van der Waals surface area contributed by atoms with Gasteiger partial charge in [0.1, 0.15) is 5.75 Å². The minimum atomic E-state index is -0.197. The van der Waals surface area contributed by atoms with E-state index in [-0.39, 0.29) is 12.5 Å². The smallest absolute Gasteiger partial charge is 0.251 e. The summed E-state index contributed by atoms with van der Waals surface area (Å²) in [6.45, 7) is 0.237. The number of methoxy groups -OCH3 is 1. The van der Waals surface area contributed by atoms with E-state index in [0.717, 1.165) is 0 Å². The van der Waals surface area contributed by atoms with Gasteiger partial charge < -0.3 is 10.1 Å². The summed E-state index contributed by atoms with van der Waals surface area (Å²) in [6.07, 6.45) is 0. The van der Waals surface area contributed by atoms with Crippen molar-refractivity contribution < 1.29 is 9.53 Å². The van der Waals surface area contributed by atoms with Crippen molar-refractivity contribution in [3.05, 3.63) is 35.7 Å². The number of hydrogen-bond donors (Lipinski definition) is 2. The van der Waals surface area contributed by atoms with E-state index >= 15 is 0 Å². The van der Waals surface area contributed by atoms with Crippen LogP contribution in [-0.4, -0.2) is 33.6 Å². The van der Waals surface area contributed by atoms with Crippen LogP contribution in [0.1, 0.15) is 16.2 Å². The molecule has 1 amide bonds. The van der Waals surface area contributed by atoms with Crippen LogP contribution in [0.15, 0.2) is 24.3 Å². The molecule has 0 spiro atoms. The van der Waals surface area contributed by atoms with Crippen LogP contribution in [0.5, 0.6) is 5.75 Å². The van der Waals surface area contributed by atoms with E-state index in [0.29, 0.717) is 17.1 Å². The Morgan fingerprint density at radius 2 is 2.18 bits per heavy atom. The molecule has 0 unspecified atom stereocenters. The van der Waals surface area contributed by atoms with Crippen molar-refractivity contribution >= 4 is 5.91 Å². The molecule has 0 bridgehead atoms. The Kier molecular flexibility index (Phi) is 3.29. The zero-order valence-electron chi connectivity index (χ0n) is 9.17. The highest BCUT2D eigenvalue weighted by Crippen LogP contribution is 2.10. The second-order valence-corrected chi connectivity index (χ2v) is 3.24. The highest BCUT2D eigenvalue weighted by molar-refractivity contribution is 5.94. The average Bonchev–Trinajstić information content (AvgIpc) is 2.89. The van der Waals surface area contributed by atoms with Crippen molar-refractivity contribution in [2.45, 2.75) is 6.54 Å². The number of rotatable bonds is 4. The molecule has 0 aliphatic rings. The Labute approximate surface area is 97.2 Å². The number of benzene rings is 1. The molecule has 88 valence electrons. The number of amides is 1. The highest BCUT2D eigenvalue weighted by Gasteiger charge is 2.06. The minimum absolute atomic E-state index is 0.197. The highest BCUT2D eigenvalue weighted by atomic mass is 16.5. The van der Waals surface area contributed by atoms with Crippen LogP contribution in [0.4, 0.5) is 0 Å². The predicted molar refractivity (Wildman–Crippen MR) is 58.3 cm³/mol. The first-order chi connectivity index (χ1) is 8.29. The van der Waals surface area contributed by atoms with Gasteiger partial charge in [0, 0.05) is 5.56 Å². The Morgan fingerprint density at radius 3 is 2.76 bits per heavy atom. The Bertz CT molecular complexity index is 480. The number of nitrogens with one attached hydrogen (secondary N) is 2. The fraction of sp³-hybridized carbons (Fsp3) is 0.200. The van der Waals surface area contributed by atoms with E-state index in [1.807, 2.05) is 0 Å². The molecule has 0 atom stereocenters. The van der Waals surface area contributed by atoms with E-state index in [4.69, 9.17) is 4.74 Å². The van der Waals surface area contributed by atoms with Crippen LogP contribution in [0.3, 0.4) is 0 Å². The van der Waals surface area contributed by atoms with Crippen molar-refractivity contribution in [2.24, 2.45) is 0 Å². The van der Waals surface area contributed by atoms with Gasteiger partial charge in [0.15, 0.2) is 5.82 Å². The van der Waals surface area contributed by atoms with Crippen LogP contribution in [-0.2, 0) is 6.54 Å². The van der Waals surface area contributed by atoms with Gasteiger partial charge >= 0.3 is 0 Å². The van der Waals surface area contributed by atoms with Crippen LogP contribution in [0, 0.1) is 0 Å². The molecule has 0 aliphatic carbocycles. The molecule has 2 aromatic rings. The van der Waals surface area contributed by atoms with Crippen molar-refractivity contribution in [1.29, 1.82) is 0 Å². The molecular weight excluding hydrogens is 222 g/mol. The first-order valence-corrected chi connectivity index (χ1v) is 4.94. The predicted octanol–water partition coefficient (Wildman–Crippen LogP) is 0.138. The van der Waals surface area contributed by atoms with Crippen molar-refractivity contribution in [3.63, 3.8) is 0 Å². The quantitative estimate of drug-likeness (QED) is 0.783. The van der Waals surface area contributed by atoms with Gasteiger partial charge in [0.2, 0.25) is 0 Å². The molecule has 0 saturated heterocycles. The third-order valence-corrected chi connectivity index (χ3v) is 2.15. The summed E-state index contributed by atoms with van der Waals surface area (Å²) in [5.41, 5.74) is 0.550. The number of carbonyl (C=O) groups is 1. The maximum Gasteiger partial charge on any atom is 0.251 e. The summed E-state index contributed by atoms with van der Waals surface area (Å²) < 4.78 is 5.00. The van der Waals surface area contributed by atoms with Crippen molar-refractivity contribution in [1.82, 2.24) is 25.9 Å². The molecule has 17 heavy (non-hydrogen) atoms. The molecule has 1 aromatic carbocycles. The Morgan fingerprint density at radius 1 is 1.41 bits per heavy atom. The summed E-state index contributed by atoms with van der Waals surface area (Å²) in [7, 11) is 1.57. The molecule has 0 saturated carbocycles. The van der Waals surface area contributed by atoms with Gasteiger partial charge in [-0.25, -0.2) is 0 Å². The molecule has 2 rings (SSSR count). The third kappa shape index (κ3) is 2.77. The number of hydrogen-bond acceptors (Lipinski definition) is 5. The Hall–Kier alpha value is -2.44. The second-order valence-electron chi connectivity index (χ2n) is 3.24. The van der Waals surface area contributed by atoms with E-state index < -0.39 is 0 Å². The summed E-state index contributed by atoms with van der Waals surface area (Å²) in [6, 6.07) is 6.82. The molecule has 0 radical (unpaired) electrons. The van der Waals surface area contributed by atoms with Crippen molar-refractivity contribution in [2.75, 3.05) is 7.11 Å². The van der Waals surface area contributed by atoms with Gasteiger partial charge in [-0.3, -0.25) is 4.79 Å². The largest absolute Gasteiger partial charge is 0.497 e. The fourth-order valence-electron chi connectivity index (χ4n) is 1.26. The minimum Gasteiger partial charge on any atom is -0.497 e. The molecule has 0 fully saturated rings. The molecule has 2 N–H and O–H groups in total. The number of H-pyrrole nitrogens is 1. The molecule has 1 heterocycles. The van der Waals surface area contributed by atoms with Gasteiger partial charge in [-0.1, -0.05) is 5.21 Å². The van der Waals surface area contributed by atoms with Gasteiger partial charge in [-0.15, -0.1) is 10.2 Å². The van der Waals surface area contributed by atoms with Gasteiger partial charge in [-0.05, 0) is 24.3 Å². The Balaban J connectivity index is 1.95. The van der Waals surface area contributed by atoms with Gasteiger partial charge in [0.25, 0.3) is 5.91 Å². The number of ether oxygens (including phenoxy) is 1. The summed E-state index contributed by atoms with van der Waals surface area (Å²) in [5.74, 6) is 0.948. The molecule has 7 heteroatoms.